The van der Waals surface area contributed by atoms with E-state index in [2.05, 4.69) is 5.10 Å². The van der Waals surface area contributed by atoms with E-state index in [4.69, 9.17) is 21.1 Å². The fourth-order valence-electron chi connectivity index (χ4n) is 2.88. The predicted octanol–water partition coefficient (Wildman–Crippen LogP) is 4.58. The number of amides is 1. The summed E-state index contributed by atoms with van der Waals surface area (Å²) in [5.41, 5.74) is -1.85. The van der Waals surface area contributed by atoms with Crippen molar-refractivity contribution in [2.24, 2.45) is 5.10 Å². The number of phenols is 1. The molecule has 0 aliphatic carbocycles. The highest BCUT2D eigenvalue weighted by molar-refractivity contribution is 6.35. The van der Waals surface area contributed by atoms with Crippen molar-refractivity contribution in [2.75, 3.05) is 18.7 Å². The van der Waals surface area contributed by atoms with Crippen molar-refractivity contribution in [3.63, 3.8) is 0 Å². The maximum absolute atomic E-state index is 13.6. The molecule has 0 saturated heterocycles. The lowest BCUT2D eigenvalue weighted by atomic mass is 10.1. The van der Waals surface area contributed by atoms with Gasteiger partial charge in [-0.2, -0.15) is 23.3 Å². The summed E-state index contributed by atoms with van der Waals surface area (Å²) in [7, 11) is 1.24. The van der Waals surface area contributed by atoms with Crippen molar-refractivity contribution >= 4 is 41.0 Å². The Morgan fingerprint density at radius 2 is 1.91 bits per heavy atom. The molecule has 1 amide bonds. The monoisotopic (exact) mass is 468 g/mol. The molecule has 11 heteroatoms. The third-order valence-electron chi connectivity index (χ3n) is 4.35. The molecule has 1 heterocycles. The number of ether oxygens (including phenoxy) is 2. The number of methoxy groups -OCH3 is 1. The number of hydrazone groups is 1. The van der Waals surface area contributed by atoms with Crippen LogP contribution in [0.4, 0.5) is 18.9 Å². The van der Waals surface area contributed by atoms with E-state index in [1.165, 1.54) is 43.5 Å². The van der Waals surface area contributed by atoms with E-state index in [9.17, 15) is 27.9 Å². The predicted molar refractivity (Wildman–Crippen MR) is 111 cm³/mol. The number of anilines is 1. The minimum Gasteiger partial charge on any atom is -0.503 e. The van der Waals surface area contributed by atoms with E-state index in [-0.39, 0.29) is 39.9 Å². The number of carbonyl (C=O) groups excluding carboxylic acids is 2. The zero-order valence-electron chi connectivity index (χ0n) is 16.7. The van der Waals surface area contributed by atoms with E-state index in [0.29, 0.717) is 5.01 Å². The molecule has 168 valence electrons. The van der Waals surface area contributed by atoms with Crippen molar-refractivity contribution in [3.05, 3.63) is 58.1 Å². The van der Waals surface area contributed by atoms with Crippen LogP contribution in [0.2, 0.25) is 5.02 Å². The highest BCUT2D eigenvalue weighted by Gasteiger charge is 2.46. The molecule has 32 heavy (non-hydrogen) atoms. The Morgan fingerprint density at radius 1 is 1.25 bits per heavy atom. The van der Waals surface area contributed by atoms with Crippen LogP contribution in [0.3, 0.4) is 0 Å². The molecule has 0 aromatic heterocycles. The molecule has 0 radical (unpaired) electrons. The van der Waals surface area contributed by atoms with Crippen LogP contribution in [0.1, 0.15) is 22.8 Å². The lowest BCUT2D eigenvalue weighted by Crippen LogP contribution is -2.25. The van der Waals surface area contributed by atoms with Crippen LogP contribution in [0, 0.1) is 0 Å². The average Bonchev–Trinajstić information content (AvgIpc) is 3.07. The summed E-state index contributed by atoms with van der Waals surface area (Å²) >= 11 is 5.89. The van der Waals surface area contributed by atoms with Gasteiger partial charge in [-0.05, 0) is 55.0 Å². The van der Waals surface area contributed by atoms with Gasteiger partial charge in [-0.1, -0.05) is 11.6 Å². The second-order valence-corrected chi connectivity index (χ2v) is 6.85. The number of rotatable bonds is 5. The zero-order valence-corrected chi connectivity index (χ0v) is 17.5. The highest BCUT2D eigenvalue weighted by atomic mass is 35.5. The van der Waals surface area contributed by atoms with Crippen LogP contribution >= 0.6 is 11.6 Å². The van der Waals surface area contributed by atoms with Crippen molar-refractivity contribution in [1.29, 1.82) is 0 Å². The van der Waals surface area contributed by atoms with Crippen LogP contribution in [0.15, 0.2) is 47.1 Å². The molecule has 0 saturated carbocycles. The molecular formula is C21H16ClF3N2O5. The smallest absolute Gasteiger partial charge is 0.435 e. The van der Waals surface area contributed by atoms with Gasteiger partial charge in [-0.15, -0.1) is 0 Å². The van der Waals surface area contributed by atoms with Crippen molar-refractivity contribution in [2.45, 2.75) is 13.1 Å². The number of carbonyl (C=O) groups is 2. The summed E-state index contributed by atoms with van der Waals surface area (Å²) < 4.78 is 50.6. The minimum absolute atomic E-state index is 0.0227. The topological polar surface area (TPSA) is 88.4 Å². The molecule has 7 nitrogen and oxygen atoms in total. The van der Waals surface area contributed by atoms with E-state index in [0.717, 1.165) is 6.08 Å². The quantitative estimate of drug-likeness (QED) is 0.512. The summed E-state index contributed by atoms with van der Waals surface area (Å²) in [6, 6.07) is 7.61. The van der Waals surface area contributed by atoms with Crippen LogP contribution < -0.4 is 9.75 Å². The van der Waals surface area contributed by atoms with Crippen LogP contribution in [-0.2, 0) is 9.53 Å². The van der Waals surface area contributed by atoms with Gasteiger partial charge >= 0.3 is 12.1 Å². The second-order valence-electron chi connectivity index (χ2n) is 6.44. The van der Waals surface area contributed by atoms with Crippen molar-refractivity contribution in [3.8, 4) is 11.5 Å². The Morgan fingerprint density at radius 3 is 2.47 bits per heavy atom. The van der Waals surface area contributed by atoms with Gasteiger partial charge in [-0.25, -0.2) is 4.79 Å². The summed E-state index contributed by atoms with van der Waals surface area (Å²) in [6.07, 6.45) is -3.97. The van der Waals surface area contributed by atoms with E-state index in [1.54, 1.807) is 6.92 Å². The van der Waals surface area contributed by atoms with Gasteiger partial charge in [0.25, 0.3) is 5.91 Å². The molecule has 0 unspecified atom stereocenters. The van der Waals surface area contributed by atoms with E-state index < -0.39 is 29.3 Å². The summed E-state index contributed by atoms with van der Waals surface area (Å²) in [5.74, 6) is -2.11. The minimum atomic E-state index is -4.92. The number of esters is 1. The van der Waals surface area contributed by atoms with E-state index in [1.807, 2.05) is 0 Å². The third-order valence-corrected chi connectivity index (χ3v) is 4.64. The van der Waals surface area contributed by atoms with Crippen molar-refractivity contribution < 1.29 is 37.3 Å². The van der Waals surface area contributed by atoms with Gasteiger partial charge in [-0.3, -0.25) is 4.79 Å². The van der Waals surface area contributed by atoms with Gasteiger partial charge in [0.1, 0.15) is 0 Å². The first-order chi connectivity index (χ1) is 15.1. The van der Waals surface area contributed by atoms with Crippen LogP contribution in [-0.4, -0.2) is 42.6 Å². The summed E-state index contributed by atoms with van der Waals surface area (Å²) in [5, 5.41) is 13.7. The number of aromatic hydroxyl groups is 1. The fraction of sp³-hybridized carbons (Fsp3) is 0.190. The standard InChI is InChI=1S/C21H16ClF3N2O5/c1-3-32-20(30)12-4-6-13(7-5-12)27-19(29)14(18(26-27)21(23,24)25)8-11-9-15(22)17(28)16(10-11)31-2/h4-10,28H,3H2,1-2H3. The number of halogens is 4. The highest BCUT2D eigenvalue weighted by Crippen LogP contribution is 2.37. The normalized spacial score (nSPS) is 15.2. The summed E-state index contributed by atoms with van der Waals surface area (Å²) in [6.45, 7) is 1.79. The van der Waals surface area contributed by atoms with Crippen LogP contribution in [0.25, 0.3) is 6.08 Å². The van der Waals surface area contributed by atoms with Gasteiger partial charge in [0.15, 0.2) is 17.2 Å². The Hall–Kier alpha value is -3.53. The first kappa shape index (κ1) is 23.1. The molecule has 1 aliphatic heterocycles. The lowest BCUT2D eigenvalue weighted by Gasteiger charge is -2.12. The first-order valence-electron chi connectivity index (χ1n) is 9.12. The lowest BCUT2D eigenvalue weighted by molar-refractivity contribution is -0.114. The number of alkyl halides is 3. The largest absolute Gasteiger partial charge is 0.503 e. The second kappa shape index (κ2) is 8.91. The fourth-order valence-corrected chi connectivity index (χ4v) is 3.10. The molecular weight excluding hydrogens is 453 g/mol. The molecule has 1 aliphatic rings. The molecule has 0 atom stereocenters. The van der Waals surface area contributed by atoms with E-state index >= 15 is 0 Å². The third kappa shape index (κ3) is 4.54. The van der Waals surface area contributed by atoms with Gasteiger partial charge in [0.05, 0.1) is 35.6 Å². The first-order valence-corrected chi connectivity index (χ1v) is 9.50. The Labute approximate surface area is 185 Å². The van der Waals surface area contributed by atoms with Gasteiger partial charge < -0.3 is 14.6 Å². The number of hydrogen-bond donors (Lipinski definition) is 1. The molecule has 0 bridgehead atoms. The van der Waals surface area contributed by atoms with Crippen molar-refractivity contribution in [1.82, 2.24) is 0 Å². The SMILES string of the molecule is CCOC(=O)c1ccc(N2N=C(C(F)(F)F)C(=Cc3cc(Cl)c(O)c(OC)c3)C2=O)cc1. The number of hydrogen-bond acceptors (Lipinski definition) is 6. The van der Waals surface area contributed by atoms with Crippen LogP contribution in [0.5, 0.6) is 11.5 Å². The molecule has 2 aromatic carbocycles. The average molecular weight is 469 g/mol. The zero-order chi connectivity index (χ0) is 23.6. The molecule has 0 spiro atoms. The van der Waals surface area contributed by atoms with Gasteiger partial charge in [0.2, 0.25) is 0 Å². The molecule has 0 fully saturated rings. The Bertz CT molecular complexity index is 1130. The number of nitrogens with zero attached hydrogens (tertiary/aromatic N) is 2. The maximum Gasteiger partial charge on any atom is 0.435 e. The number of benzene rings is 2. The Kier molecular flexibility index (Phi) is 6.45. The summed E-state index contributed by atoms with van der Waals surface area (Å²) in [4.78, 5) is 24.6. The molecule has 3 rings (SSSR count). The Balaban J connectivity index is 2.02. The number of phenolic OH excluding ortho intramolecular Hbond substituents is 1. The van der Waals surface area contributed by atoms with Gasteiger partial charge in [0, 0.05) is 0 Å². The maximum atomic E-state index is 13.6. The molecule has 1 N–H and O–H groups in total. The molecule has 2 aromatic rings.